The molecular formula is C11H19NOS. The van der Waals surface area contributed by atoms with Gasteiger partial charge in [0.1, 0.15) is 6.23 Å². The lowest BCUT2D eigenvalue weighted by Gasteiger charge is -2.17. The molecule has 0 aromatic rings. The molecule has 3 heteroatoms. The summed E-state index contributed by atoms with van der Waals surface area (Å²) < 4.78 is 5.31. The Morgan fingerprint density at radius 3 is 3.07 bits per heavy atom. The third kappa shape index (κ3) is 3.76. The Bertz CT molecular complexity index is 215. The molecule has 0 aliphatic carbocycles. The number of hydrogen-bond donors (Lipinski definition) is 1. The number of methoxy groups -OCH3 is 1. The van der Waals surface area contributed by atoms with Crippen LogP contribution in [0.1, 0.15) is 26.2 Å². The first kappa shape index (κ1) is 11.7. The average molecular weight is 213 g/mol. The second kappa shape index (κ2) is 6.14. The Hall–Kier alpha value is -0.410. The molecule has 2 nitrogen and oxygen atoms in total. The number of ether oxygens (including phenoxy) is 1. The number of nitrogens with one attached hydrogen (secondary N) is 1. The van der Waals surface area contributed by atoms with E-state index in [4.69, 9.17) is 4.74 Å². The Kier molecular flexibility index (Phi) is 5.12. The van der Waals surface area contributed by atoms with E-state index < -0.39 is 0 Å². The van der Waals surface area contributed by atoms with Crippen LogP contribution in [0.3, 0.4) is 0 Å². The molecule has 0 spiro atoms. The Labute approximate surface area is 90.8 Å². The van der Waals surface area contributed by atoms with Crippen molar-refractivity contribution in [2.24, 2.45) is 0 Å². The molecule has 2 atom stereocenters. The van der Waals surface area contributed by atoms with Crippen molar-refractivity contribution in [3.63, 3.8) is 0 Å². The molecule has 0 saturated carbocycles. The van der Waals surface area contributed by atoms with Crippen molar-refractivity contribution < 1.29 is 4.74 Å². The molecule has 14 heavy (non-hydrogen) atoms. The highest BCUT2D eigenvalue weighted by Gasteiger charge is 2.13. The van der Waals surface area contributed by atoms with Gasteiger partial charge in [-0.3, -0.25) is 0 Å². The molecule has 0 saturated heterocycles. The summed E-state index contributed by atoms with van der Waals surface area (Å²) >= 11 is 1.87. The van der Waals surface area contributed by atoms with Gasteiger partial charge < -0.3 is 10.1 Å². The zero-order valence-electron chi connectivity index (χ0n) is 8.95. The minimum Gasteiger partial charge on any atom is -0.366 e. The van der Waals surface area contributed by atoms with Crippen LogP contribution in [0.15, 0.2) is 23.8 Å². The predicted molar refractivity (Wildman–Crippen MR) is 63.1 cm³/mol. The van der Waals surface area contributed by atoms with Gasteiger partial charge in [0.25, 0.3) is 0 Å². The van der Waals surface area contributed by atoms with Gasteiger partial charge in [-0.1, -0.05) is 13.5 Å². The van der Waals surface area contributed by atoms with Gasteiger partial charge in [-0.15, -0.1) is 11.8 Å². The first-order valence-corrected chi connectivity index (χ1v) is 5.95. The molecule has 0 aromatic heterocycles. The summed E-state index contributed by atoms with van der Waals surface area (Å²) in [7, 11) is 1.74. The number of rotatable bonds is 2. The number of allylic oxidation sites excluding steroid dienone is 1. The molecule has 0 fully saturated rings. The van der Waals surface area contributed by atoms with Crippen molar-refractivity contribution >= 4 is 11.8 Å². The highest BCUT2D eigenvalue weighted by Crippen LogP contribution is 2.28. The van der Waals surface area contributed by atoms with Gasteiger partial charge in [-0.05, 0) is 31.5 Å². The fourth-order valence-corrected chi connectivity index (χ4v) is 2.45. The second-order valence-corrected chi connectivity index (χ2v) is 4.84. The maximum absolute atomic E-state index is 5.31. The van der Waals surface area contributed by atoms with Crippen molar-refractivity contribution in [2.75, 3.05) is 7.11 Å². The topological polar surface area (TPSA) is 21.3 Å². The Balaban J connectivity index is 2.57. The molecule has 0 radical (unpaired) electrons. The molecule has 1 N–H and O–H groups in total. The van der Waals surface area contributed by atoms with Gasteiger partial charge in [-0.2, -0.15) is 0 Å². The number of hydrogen-bond acceptors (Lipinski definition) is 3. The molecule has 1 rings (SSSR count). The largest absolute Gasteiger partial charge is 0.366 e. The SMILES string of the molecule is C=C1/C=C\NC(OC)CCC(CC)S1. The van der Waals surface area contributed by atoms with E-state index in [1.54, 1.807) is 7.11 Å². The van der Waals surface area contributed by atoms with E-state index in [0.717, 1.165) is 11.3 Å². The minimum atomic E-state index is 0.145. The van der Waals surface area contributed by atoms with Gasteiger partial charge in [0, 0.05) is 17.3 Å². The normalized spacial score (nSPS) is 31.1. The first-order valence-electron chi connectivity index (χ1n) is 5.07. The first-order chi connectivity index (χ1) is 6.76. The standard InChI is InChI=1S/C11H19NOS/c1-4-10-5-6-11(13-3)12-8-7-9(2)14-10/h7-8,10-12H,2,4-6H2,1,3H3/b8-7-. The van der Waals surface area contributed by atoms with Crippen molar-refractivity contribution in [2.45, 2.75) is 37.7 Å². The summed E-state index contributed by atoms with van der Waals surface area (Å²) in [6.45, 7) is 6.23. The second-order valence-electron chi connectivity index (χ2n) is 3.42. The lowest BCUT2D eigenvalue weighted by atomic mass is 10.2. The highest BCUT2D eigenvalue weighted by atomic mass is 32.2. The van der Waals surface area contributed by atoms with Crippen LogP contribution in [0.2, 0.25) is 0 Å². The lowest BCUT2D eigenvalue weighted by molar-refractivity contribution is 0.0768. The van der Waals surface area contributed by atoms with E-state index in [0.29, 0.717) is 5.25 Å². The van der Waals surface area contributed by atoms with Crippen LogP contribution in [0, 0.1) is 0 Å². The van der Waals surface area contributed by atoms with Crippen LogP contribution >= 0.6 is 11.8 Å². The fourth-order valence-electron chi connectivity index (χ4n) is 1.45. The van der Waals surface area contributed by atoms with Crippen molar-refractivity contribution in [3.05, 3.63) is 23.8 Å². The maximum atomic E-state index is 5.31. The summed E-state index contributed by atoms with van der Waals surface area (Å²) in [6, 6.07) is 0. The van der Waals surface area contributed by atoms with Crippen LogP contribution in [0.4, 0.5) is 0 Å². The molecule has 0 aromatic carbocycles. The molecule has 80 valence electrons. The summed E-state index contributed by atoms with van der Waals surface area (Å²) in [5.41, 5.74) is 0. The van der Waals surface area contributed by atoms with E-state index in [-0.39, 0.29) is 6.23 Å². The van der Waals surface area contributed by atoms with Crippen LogP contribution < -0.4 is 5.32 Å². The van der Waals surface area contributed by atoms with E-state index in [1.165, 1.54) is 12.8 Å². The summed E-state index contributed by atoms with van der Waals surface area (Å²) in [4.78, 5) is 1.13. The van der Waals surface area contributed by atoms with Crippen LogP contribution in [0.5, 0.6) is 0 Å². The van der Waals surface area contributed by atoms with Crippen LogP contribution in [-0.4, -0.2) is 18.6 Å². The van der Waals surface area contributed by atoms with Crippen LogP contribution in [0.25, 0.3) is 0 Å². The predicted octanol–water partition coefficient (Wildman–Crippen LogP) is 2.88. The zero-order valence-corrected chi connectivity index (χ0v) is 9.77. The average Bonchev–Trinajstić information content (AvgIpc) is 2.28. The molecule has 1 aliphatic heterocycles. The van der Waals surface area contributed by atoms with E-state index in [2.05, 4.69) is 18.8 Å². The van der Waals surface area contributed by atoms with Gasteiger partial charge in [-0.25, -0.2) is 0 Å². The summed E-state index contributed by atoms with van der Waals surface area (Å²) in [5.74, 6) is 0. The fraction of sp³-hybridized carbons (Fsp3) is 0.636. The van der Waals surface area contributed by atoms with Gasteiger partial charge >= 0.3 is 0 Å². The van der Waals surface area contributed by atoms with Crippen molar-refractivity contribution in [1.29, 1.82) is 0 Å². The smallest absolute Gasteiger partial charge is 0.126 e. The molecule has 1 aliphatic rings. The number of thioether (sulfide) groups is 1. The lowest BCUT2D eigenvalue weighted by Crippen LogP contribution is -2.26. The molecule has 0 bridgehead atoms. The molecule has 2 unspecified atom stereocenters. The van der Waals surface area contributed by atoms with E-state index >= 15 is 0 Å². The molecule has 1 heterocycles. The van der Waals surface area contributed by atoms with Crippen molar-refractivity contribution in [3.8, 4) is 0 Å². The van der Waals surface area contributed by atoms with E-state index in [9.17, 15) is 0 Å². The molecule has 0 amide bonds. The quantitative estimate of drug-likeness (QED) is 0.762. The Morgan fingerprint density at radius 1 is 1.64 bits per heavy atom. The van der Waals surface area contributed by atoms with Gasteiger partial charge in [0.05, 0.1) is 0 Å². The Morgan fingerprint density at radius 2 is 2.43 bits per heavy atom. The molecular weight excluding hydrogens is 194 g/mol. The third-order valence-corrected chi connectivity index (χ3v) is 3.70. The maximum Gasteiger partial charge on any atom is 0.126 e. The van der Waals surface area contributed by atoms with Gasteiger partial charge in [0.2, 0.25) is 0 Å². The van der Waals surface area contributed by atoms with Gasteiger partial charge in [0.15, 0.2) is 0 Å². The highest BCUT2D eigenvalue weighted by molar-refractivity contribution is 8.03. The summed E-state index contributed by atoms with van der Waals surface area (Å²) in [5, 5.41) is 3.88. The van der Waals surface area contributed by atoms with Crippen LogP contribution in [-0.2, 0) is 4.74 Å². The minimum absolute atomic E-state index is 0.145. The third-order valence-electron chi connectivity index (χ3n) is 2.36. The monoisotopic (exact) mass is 213 g/mol. The van der Waals surface area contributed by atoms with Crippen molar-refractivity contribution in [1.82, 2.24) is 5.32 Å². The zero-order chi connectivity index (χ0) is 10.4. The summed E-state index contributed by atoms with van der Waals surface area (Å²) in [6.07, 6.45) is 7.51. The van der Waals surface area contributed by atoms with E-state index in [1.807, 2.05) is 24.0 Å².